The zero-order valence-electron chi connectivity index (χ0n) is 10.7. The van der Waals surface area contributed by atoms with Crippen LogP contribution in [0.2, 0.25) is 5.02 Å². The highest BCUT2D eigenvalue weighted by Crippen LogP contribution is 2.34. The van der Waals surface area contributed by atoms with Crippen LogP contribution in [-0.2, 0) is 0 Å². The second-order valence-corrected chi connectivity index (χ2v) is 5.57. The van der Waals surface area contributed by atoms with Gasteiger partial charge in [-0.05, 0) is 44.0 Å². The minimum Gasteiger partial charge on any atom is -0.495 e. The van der Waals surface area contributed by atoms with Crippen molar-refractivity contribution < 1.29 is 4.74 Å². The van der Waals surface area contributed by atoms with E-state index in [1.54, 1.807) is 7.11 Å². The first-order valence-corrected chi connectivity index (χ1v) is 7.00. The Morgan fingerprint density at radius 3 is 3.06 bits per heavy atom. The number of benzene rings is 1. The van der Waals surface area contributed by atoms with Gasteiger partial charge in [-0.1, -0.05) is 11.6 Å². The second kappa shape index (κ2) is 4.98. The number of hydrogen-bond donors (Lipinski definition) is 1. The third kappa shape index (κ3) is 2.17. The molecule has 0 amide bonds. The molecular formula is C14H19ClN2O. The zero-order chi connectivity index (χ0) is 12.5. The smallest absolute Gasteiger partial charge is 0.142 e. The van der Waals surface area contributed by atoms with Crippen LogP contribution >= 0.6 is 11.6 Å². The third-order valence-corrected chi connectivity index (χ3v) is 4.34. The molecule has 2 unspecified atom stereocenters. The summed E-state index contributed by atoms with van der Waals surface area (Å²) in [4.78, 5) is 2.59. The van der Waals surface area contributed by atoms with Gasteiger partial charge < -0.3 is 10.1 Å². The summed E-state index contributed by atoms with van der Waals surface area (Å²) in [5.74, 6) is 0.871. The van der Waals surface area contributed by atoms with Crippen LogP contribution in [0.25, 0.3) is 0 Å². The maximum Gasteiger partial charge on any atom is 0.142 e. The number of nitrogens with zero attached hydrogens (tertiary/aromatic N) is 1. The fourth-order valence-electron chi connectivity index (χ4n) is 3.24. The normalized spacial score (nSPS) is 27.2. The summed E-state index contributed by atoms with van der Waals surface area (Å²) >= 11 is 6.06. The first-order valence-electron chi connectivity index (χ1n) is 6.62. The summed E-state index contributed by atoms with van der Waals surface area (Å²) in [5.41, 5.74) is 1.02. The maximum absolute atomic E-state index is 6.06. The lowest BCUT2D eigenvalue weighted by Gasteiger charge is -2.23. The monoisotopic (exact) mass is 266 g/mol. The lowest BCUT2D eigenvalue weighted by Crippen LogP contribution is -2.33. The van der Waals surface area contributed by atoms with Gasteiger partial charge in [-0.25, -0.2) is 0 Å². The van der Waals surface area contributed by atoms with Gasteiger partial charge in [0.25, 0.3) is 0 Å². The maximum atomic E-state index is 6.06. The molecule has 98 valence electrons. The molecule has 18 heavy (non-hydrogen) atoms. The van der Waals surface area contributed by atoms with E-state index in [-0.39, 0.29) is 0 Å². The summed E-state index contributed by atoms with van der Waals surface area (Å²) in [6.07, 6.45) is 3.84. The predicted molar refractivity (Wildman–Crippen MR) is 74.6 cm³/mol. The van der Waals surface area contributed by atoms with Crippen molar-refractivity contribution in [1.29, 1.82) is 0 Å². The molecule has 4 heteroatoms. The van der Waals surface area contributed by atoms with Gasteiger partial charge in [-0.2, -0.15) is 0 Å². The molecule has 1 aromatic carbocycles. The number of anilines is 1. The molecular weight excluding hydrogens is 248 g/mol. The van der Waals surface area contributed by atoms with Crippen LogP contribution < -0.4 is 10.1 Å². The number of methoxy groups -OCH3 is 1. The molecule has 2 saturated heterocycles. The Morgan fingerprint density at radius 1 is 1.33 bits per heavy atom. The molecule has 2 aliphatic heterocycles. The Labute approximate surface area is 113 Å². The van der Waals surface area contributed by atoms with E-state index >= 15 is 0 Å². The van der Waals surface area contributed by atoms with Gasteiger partial charge in [0.1, 0.15) is 5.75 Å². The molecule has 3 nitrogen and oxygen atoms in total. The van der Waals surface area contributed by atoms with Gasteiger partial charge in [0, 0.05) is 23.7 Å². The van der Waals surface area contributed by atoms with E-state index in [1.165, 1.54) is 32.4 Å². The van der Waals surface area contributed by atoms with Crippen LogP contribution in [0.4, 0.5) is 5.69 Å². The van der Waals surface area contributed by atoms with Crippen LogP contribution in [0.1, 0.15) is 19.3 Å². The zero-order valence-corrected chi connectivity index (χ0v) is 11.4. The average molecular weight is 267 g/mol. The molecule has 0 spiro atoms. The van der Waals surface area contributed by atoms with Crippen molar-refractivity contribution in [1.82, 2.24) is 4.90 Å². The van der Waals surface area contributed by atoms with Crippen LogP contribution in [0.15, 0.2) is 18.2 Å². The number of hydrogen-bond acceptors (Lipinski definition) is 3. The number of nitrogens with one attached hydrogen (secondary N) is 1. The SMILES string of the molecule is COc1ccc(Cl)cc1NC1CCN2CCCC12. The summed E-state index contributed by atoms with van der Waals surface area (Å²) in [7, 11) is 1.70. The molecule has 2 fully saturated rings. The first-order chi connectivity index (χ1) is 8.78. The Morgan fingerprint density at radius 2 is 2.22 bits per heavy atom. The third-order valence-electron chi connectivity index (χ3n) is 4.11. The summed E-state index contributed by atoms with van der Waals surface area (Å²) in [5, 5.41) is 4.37. The highest BCUT2D eigenvalue weighted by molar-refractivity contribution is 6.30. The van der Waals surface area contributed by atoms with Crippen molar-refractivity contribution in [3.05, 3.63) is 23.2 Å². The van der Waals surface area contributed by atoms with Crippen LogP contribution in [0, 0.1) is 0 Å². The van der Waals surface area contributed by atoms with Crippen molar-refractivity contribution in [3.8, 4) is 5.75 Å². The lowest BCUT2D eigenvalue weighted by molar-refractivity contribution is 0.318. The fourth-order valence-corrected chi connectivity index (χ4v) is 3.42. The fraction of sp³-hybridized carbons (Fsp3) is 0.571. The van der Waals surface area contributed by atoms with Crippen molar-refractivity contribution in [2.45, 2.75) is 31.3 Å². The molecule has 1 N–H and O–H groups in total. The van der Waals surface area contributed by atoms with Crippen molar-refractivity contribution >= 4 is 17.3 Å². The van der Waals surface area contributed by atoms with Crippen molar-refractivity contribution in [3.63, 3.8) is 0 Å². The van der Waals surface area contributed by atoms with Gasteiger partial charge in [-0.3, -0.25) is 4.90 Å². The highest BCUT2D eigenvalue weighted by Gasteiger charge is 2.37. The summed E-state index contributed by atoms with van der Waals surface area (Å²) in [6, 6.07) is 6.96. The number of halogens is 1. The second-order valence-electron chi connectivity index (χ2n) is 5.13. The Kier molecular flexibility index (Phi) is 3.35. The van der Waals surface area contributed by atoms with Gasteiger partial charge in [0.2, 0.25) is 0 Å². The Balaban J connectivity index is 1.78. The van der Waals surface area contributed by atoms with Crippen molar-refractivity contribution in [2.75, 3.05) is 25.5 Å². The Hall–Kier alpha value is -0.930. The van der Waals surface area contributed by atoms with Crippen LogP contribution in [-0.4, -0.2) is 37.2 Å². The molecule has 2 aliphatic rings. The van der Waals surface area contributed by atoms with E-state index in [4.69, 9.17) is 16.3 Å². The highest BCUT2D eigenvalue weighted by atomic mass is 35.5. The molecule has 0 radical (unpaired) electrons. The van der Waals surface area contributed by atoms with E-state index in [0.717, 1.165) is 16.5 Å². The summed E-state index contributed by atoms with van der Waals surface area (Å²) in [6.45, 7) is 2.47. The molecule has 0 aromatic heterocycles. The van der Waals surface area contributed by atoms with Gasteiger partial charge in [0.15, 0.2) is 0 Å². The quantitative estimate of drug-likeness (QED) is 0.910. The molecule has 2 atom stereocenters. The molecule has 0 saturated carbocycles. The number of fused-ring (bicyclic) bond motifs is 1. The van der Waals surface area contributed by atoms with E-state index in [2.05, 4.69) is 10.2 Å². The molecule has 0 bridgehead atoms. The van der Waals surface area contributed by atoms with Gasteiger partial charge in [0.05, 0.1) is 12.8 Å². The molecule has 0 aliphatic carbocycles. The van der Waals surface area contributed by atoms with Crippen molar-refractivity contribution in [2.24, 2.45) is 0 Å². The molecule has 3 rings (SSSR count). The van der Waals surface area contributed by atoms with Crippen LogP contribution in [0.3, 0.4) is 0 Å². The van der Waals surface area contributed by atoms with Gasteiger partial charge >= 0.3 is 0 Å². The number of ether oxygens (including phenoxy) is 1. The van der Waals surface area contributed by atoms with E-state index in [1.807, 2.05) is 18.2 Å². The molecule has 1 aromatic rings. The molecule has 2 heterocycles. The topological polar surface area (TPSA) is 24.5 Å². The first kappa shape index (κ1) is 12.1. The van der Waals surface area contributed by atoms with Crippen LogP contribution in [0.5, 0.6) is 5.75 Å². The average Bonchev–Trinajstić information content (AvgIpc) is 2.94. The minimum absolute atomic E-state index is 0.528. The van der Waals surface area contributed by atoms with E-state index < -0.39 is 0 Å². The Bertz CT molecular complexity index is 438. The van der Waals surface area contributed by atoms with E-state index in [0.29, 0.717) is 12.1 Å². The van der Waals surface area contributed by atoms with E-state index in [9.17, 15) is 0 Å². The predicted octanol–water partition coefficient (Wildman–Crippen LogP) is 3.00. The number of rotatable bonds is 3. The lowest BCUT2D eigenvalue weighted by atomic mass is 10.1. The largest absolute Gasteiger partial charge is 0.495 e. The van der Waals surface area contributed by atoms with Gasteiger partial charge in [-0.15, -0.1) is 0 Å². The standard InChI is InChI=1S/C14H19ClN2O/c1-18-14-5-4-10(15)9-12(14)16-11-6-8-17-7-2-3-13(11)17/h4-5,9,11,13,16H,2-3,6-8H2,1H3. The summed E-state index contributed by atoms with van der Waals surface area (Å²) < 4.78 is 5.39. The minimum atomic E-state index is 0.528.